The van der Waals surface area contributed by atoms with Gasteiger partial charge in [0.25, 0.3) is 0 Å². The summed E-state index contributed by atoms with van der Waals surface area (Å²) in [7, 11) is 0. The summed E-state index contributed by atoms with van der Waals surface area (Å²) in [4.78, 5) is 24.6. The molecule has 0 bridgehead atoms. The van der Waals surface area contributed by atoms with Crippen molar-refractivity contribution in [1.29, 1.82) is 0 Å². The number of hydrogen-bond acceptors (Lipinski definition) is 8. The van der Waals surface area contributed by atoms with Crippen LogP contribution in [0.1, 0.15) is 18.1 Å². The number of hydrogen-bond donors (Lipinski definition) is 4. The number of benzene rings is 3. The Bertz CT molecular complexity index is 1460. The molecule has 2 aliphatic heterocycles. The van der Waals surface area contributed by atoms with Crippen LogP contribution in [0.4, 0.5) is 27.5 Å². The molecule has 0 atom stereocenters. The van der Waals surface area contributed by atoms with E-state index in [0.29, 0.717) is 22.9 Å². The van der Waals surface area contributed by atoms with Crippen molar-refractivity contribution in [3.05, 3.63) is 83.7 Å². The molecule has 5 rings (SSSR count). The number of likely N-dealkylation sites (N-methyl/N-ethyl adjacent to an activating group) is 1. The minimum absolute atomic E-state index is 0.136. The van der Waals surface area contributed by atoms with Gasteiger partial charge in [-0.15, -0.1) is 0 Å². The van der Waals surface area contributed by atoms with Gasteiger partial charge in [-0.25, -0.2) is 20.5 Å². The fourth-order valence-electron chi connectivity index (χ4n) is 5.12. The van der Waals surface area contributed by atoms with Crippen molar-refractivity contribution in [2.45, 2.75) is 20.8 Å². The average Bonchev–Trinajstić information content (AvgIpc) is 3.47. The minimum atomic E-state index is -0.406. The van der Waals surface area contributed by atoms with E-state index in [2.05, 4.69) is 32.5 Å². The van der Waals surface area contributed by atoms with Crippen LogP contribution in [-0.2, 0) is 0 Å². The summed E-state index contributed by atoms with van der Waals surface area (Å²) in [6, 6.07) is 18.6. The lowest BCUT2D eigenvalue weighted by Gasteiger charge is -2.35. The number of rotatable bonds is 8. The van der Waals surface area contributed by atoms with E-state index in [1.807, 2.05) is 56.3 Å². The van der Waals surface area contributed by atoms with Gasteiger partial charge in [-0.2, -0.15) is 0 Å². The Morgan fingerprint density at radius 2 is 1.69 bits per heavy atom. The molecule has 0 unspecified atom stereocenters. The van der Waals surface area contributed by atoms with Gasteiger partial charge in [0.05, 0.1) is 11.4 Å². The number of amides is 2. The van der Waals surface area contributed by atoms with Gasteiger partial charge in [-0.05, 0) is 67.9 Å². The number of anilines is 3. The zero-order valence-electron chi connectivity index (χ0n) is 24.3. The summed E-state index contributed by atoms with van der Waals surface area (Å²) in [6.45, 7) is 11.3. The third-order valence-corrected chi connectivity index (χ3v) is 7.50. The molecule has 6 N–H and O–H groups in total. The molecule has 0 saturated carbocycles. The molecular weight excluding hydrogens is 532 g/mol. The van der Waals surface area contributed by atoms with Crippen molar-refractivity contribution in [2.75, 3.05) is 54.6 Å². The number of urea groups is 1. The summed E-state index contributed by atoms with van der Waals surface area (Å²) in [5.41, 5.74) is 13.9. The van der Waals surface area contributed by atoms with Gasteiger partial charge >= 0.3 is 6.03 Å². The van der Waals surface area contributed by atoms with E-state index < -0.39 is 6.03 Å². The number of carbonyl (C=O) groups is 1. The number of amidine groups is 1. The number of nitrogens with zero attached hydrogens (tertiary/aromatic N) is 4. The van der Waals surface area contributed by atoms with Crippen LogP contribution < -0.4 is 41.6 Å². The lowest BCUT2D eigenvalue weighted by atomic mass is 10.1. The van der Waals surface area contributed by atoms with E-state index in [4.69, 9.17) is 21.1 Å². The maximum Gasteiger partial charge on any atom is 0.332 e. The van der Waals surface area contributed by atoms with E-state index in [0.717, 1.165) is 55.2 Å². The molecule has 0 aromatic heterocycles. The van der Waals surface area contributed by atoms with Crippen LogP contribution in [0.25, 0.3) is 0 Å². The van der Waals surface area contributed by atoms with Gasteiger partial charge in [0.15, 0.2) is 11.5 Å². The Morgan fingerprint density at radius 3 is 2.36 bits per heavy atom. The fraction of sp³-hybridized carbons (Fsp3) is 0.290. The van der Waals surface area contributed by atoms with Crippen LogP contribution in [-0.4, -0.2) is 56.3 Å². The van der Waals surface area contributed by atoms with Crippen molar-refractivity contribution in [2.24, 2.45) is 16.6 Å². The summed E-state index contributed by atoms with van der Waals surface area (Å²) in [6.07, 6.45) is 1.52. The smallest absolute Gasteiger partial charge is 0.332 e. The molecule has 3 aromatic carbocycles. The first-order chi connectivity index (χ1) is 20.4. The molecule has 1 fully saturated rings. The monoisotopic (exact) mass is 570 g/mol. The predicted octanol–water partition coefficient (Wildman–Crippen LogP) is 4.21. The van der Waals surface area contributed by atoms with Gasteiger partial charge in [-0.3, -0.25) is 0 Å². The van der Waals surface area contributed by atoms with Crippen LogP contribution in [0.3, 0.4) is 0 Å². The maximum absolute atomic E-state index is 13.9. The second kappa shape index (κ2) is 12.8. The fourth-order valence-corrected chi connectivity index (χ4v) is 5.12. The van der Waals surface area contributed by atoms with E-state index in [1.54, 1.807) is 18.2 Å². The van der Waals surface area contributed by atoms with Gasteiger partial charge in [0.1, 0.15) is 11.7 Å². The van der Waals surface area contributed by atoms with Gasteiger partial charge in [0.2, 0.25) is 6.79 Å². The number of fused-ring (bicyclic) bond motifs is 1. The Balaban J connectivity index is 1.46. The Kier molecular flexibility index (Phi) is 8.80. The Hall–Kier alpha value is -4.74. The number of aryl methyl sites for hydroxylation is 2. The standard InChI is InChI=1S/C31H38N8O3/c1-4-37-14-16-38(17-15-37)24-9-11-25(12-10-24)39(31(40)35-30-21(2)6-5-7-22(30)3)29(36-33)19-28(32)34-23-8-13-26-27(18-23)42-20-41-26/h5-13,18-19,36H,4,14-17,20,33H2,1-3H3,(H2,32,34)(H,35,40)/b29-19+. The minimum Gasteiger partial charge on any atom is -0.454 e. The average molecular weight is 571 g/mol. The number of nitrogens with two attached hydrogens (primary N) is 2. The lowest BCUT2D eigenvalue weighted by Crippen LogP contribution is -2.46. The first-order valence-corrected chi connectivity index (χ1v) is 14.0. The SMILES string of the molecule is CCN1CCN(c2ccc(N(C(=O)Nc3c(C)cccc3C)/C(=C/C(N)=Nc3ccc4c(c3)OCO4)NN)cc2)CC1. The zero-order valence-corrected chi connectivity index (χ0v) is 24.3. The van der Waals surface area contributed by atoms with Crippen LogP contribution in [0.2, 0.25) is 0 Å². The van der Waals surface area contributed by atoms with Gasteiger partial charge in [-0.1, -0.05) is 25.1 Å². The second-order valence-electron chi connectivity index (χ2n) is 10.2. The Morgan fingerprint density at radius 1 is 1.00 bits per heavy atom. The Labute approximate surface area is 246 Å². The summed E-state index contributed by atoms with van der Waals surface area (Å²) < 4.78 is 10.8. The number of aliphatic imine (C=N–C) groups is 1. The zero-order chi connectivity index (χ0) is 29.6. The largest absolute Gasteiger partial charge is 0.454 e. The molecule has 42 heavy (non-hydrogen) atoms. The van der Waals surface area contributed by atoms with Crippen molar-refractivity contribution in [3.63, 3.8) is 0 Å². The first-order valence-electron chi connectivity index (χ1n) is 14.0. The molecular formula is C31H38N8O3. The van der Waals surface area contributed by atoms with Gasteiger partial charge < -0.3 is 35.7 Å². The molecule has 2 aliphatic rings. The highest BCUT2D eigenvalue weighted by Gasteiger charge is 2.23. The predicted molar refractivity (Wildman–Crippen MR) is 167 cm³/mol. The molecule has 3 aromatic rings. The van der Waals surface area contributed by atoms with Gasteiger partial charge in [0, 0.05) is 49.7 Å². The van der Waals surface area contributed by atoms with Crippen molar-refractivity contribution >= 4 is 34.6 Å². The number of para-hydroxylation sites is 1. The van der Waals surface area contributed by atoms with Crippen LogP contribution in [0.5, 0.6) is 11.5 Å². The number of carbonyl (C=O) groups excluding carboxylic acids is 1. The first kappa shape index (κ1) is 28.8. The topological polar surface area (TPSA) is 134 Å². The highest BCUT2D eigenvalue weighted by Crippen LogP contribution is 2.35. The van der Waals surface area contributed by atoms with Crippen LogP contribution >= 0.6 is 0 Å². The summed E-state index contributed by atoms with van der Waals surface area (Å²) in [5.74, 6) is 7.61. The van der Waals surface area contributed by atoms with Crippen molar-refractivity contribution in [3.8, 4) is 11.5 Å². The van der Waals surface area contributed by atoms with Crippen LogP contribution in [0, 0.1) is 13.8 Å². The summed E-state index contributed by atoms with van der Waals surface area (Å²) >= 11 is 0. The van der Waals surface area contributed by atoms with E-state index >= 15 is 0 Å². The van der Waals surface area contributed by atoms with E-state index in [1.165, 1.54) is 11.0 Å². The molecule has 0 aliphatic carbocycles. The number of ether oxygens (including phenoxy) is 2. The van der Waals surface area contributed by atoms with Crippen molar-refractivity contribution < 1.29 is 14.3 Å². The third-order valence-electron chi connectivity index (χ3n) is 7.50. The number of hydrazine groups is 1. The molecule has 11 nitrogen and oxygen atoms in total. The second-order valence-corrected chi connectivity index (χ2v) is 10.2. The normalized spacial score (nSPS) is 15.5. The third kappa shape index (κ3) is 6.42. The highest BCUT2D eigenvalue weighted by atomic mass is 16.7. The lowest BCUT2D eigenvalue weighted by molar-refractivity contribution is 0.174. The maximum atomic E-state index is 13.9. The molecule has 2 amide bonds. The highest BCUT2D eigenvalue weighted by molar-refractivity contribution is 6.06. The molecule has 220 valence electrons. The van der Waals surface area contributed by atoms with E-state index in [9.17, 15) is 4.79 Å². The molecule has 0 radical (unpaired) electrons. The quantitative estimate of drug-likeness (QED) is 0.137. The molecule has 2 heterocycles. The molecule has 0 spiro atoms. The van der Waals surface area contributed by atoms with Crippen molar-refractivity contribution in [1.82, 2.24) is 10.3 Å². The molecule has 11 heteroatoms. The number of nitrogens with one attached hydrogen (secondary N) is 2. The molecule has 1 saturated heterocycles. The van der Waals surface area contributed by atoms with Crippen LogP contribution in [0.15, 0.2) is 77.6 Å². The van der Waals surface area contributed by atoms with E-state index in [-0.39, 0.29) is 18.4 Å². The number of piperazine rings is 1. The summed E-state index contributed by atoms with van der Waals surface area (Å²) in [5, 5.41) is 3.06.